The summed E-state index contributed by atoms with van der Waals surface area (Å²) in [6.45, 7) is 1.29. The first-order valence-corrected chi connectivity index (χ1v) is 5.57. The lowest BCUT2D eigenvalue weighted by atomic mass is 10.3. The molecule has 1 aromatic carbocycles. The number of rotatable bonds is 5. The molecule has 0 saturated heterocycles. The van der Waals surface area contributed by atoms with Crippen LogP contribution in [0.25, 0.3) is 0 Å². The van der Waals surface area contributed by atoms with E-state index in [4.69, 9.17) is 0 Å². The maximum Gasteiger partial charge on any atom is 0.267 e. The summed E-state index contributed by atoms with van der Waals surface area (Å²) in [6.07, 6.45) is 1.73. The highest BCUT2D eigenvalue weighted by Gasteiger charge is 2.03. The van der Waals surface area contributed by atoms with Gasteiger partial charge in [-0.05, 0) is 24.3 Å². The van der Waals surface area contributed by atoms with Crippen LogP contribution in [-0.4, -0.2) is 24.0 Å². The fourth-order valence-electron chi connectivity index (χ4n) is 1.51. The van der Waals surface area contributed by atoms with Gasteiger partial charge in [-0.2, -0.15) is 0 Å². The average Bonchev–Trinajstić information content (AvgIpc) is 2.89. The highest BCUT2D eigenvalue weighted by atomic mass is 16.1. The second-order valence-electron chi connectivity index (χ2n) is 3.63. The molecule has 0 atom stereocenters. The van der Waals surface area contributed by atoms with Crippen molar-refractivity contribution in [1.29, 1.82) is 0 Å². The lowest BCUT2D eigenvalue weighted by molar-refractivity contribution is 0.0951. The summed E-state index contributed by atoms with van der Waals surface area (Å²) in [4.78, 5) is 14.4. The van der Waals surface area contributed by atoms with Crippen molar-refractivity contribution in [3.05, 3.63) is 54.4 Å². The Morgan fingerprint density at radius 1 is 1.06 bits per heavy atom. The van der Waals surface area contributed by atoms with Gasteiger partial charge in [0.1, 0.15) is 5.69 Å². The van der Waals surface area contributed by atoms with Crippen LogP contribution in [0.3, 0.4) is 0 Å². The number of amides is 1. The van der Waals surface area contributed by atoms with Crippen LogP contribution in [-0.2, 0) is 0 Å². The molecule has 0 radical (unpaired) electrons. The van der Waals surface area contributed by atoms with E-state index in [1.807, 2.05) is 30.3 Å². The van der Waals surface area contributed by atoms with E-state index in [0.717, 1.165) is 5.69 Å². The number of anilines is 1. The van der Waals surface area contributed by atoms with Gasteiger partial charge in [0.05, 0.1) is 0 Å². The Bertz CT molecular complexity index is 451. The molecule has 1 aromatic heterocycles. The minimum Gasteiger partial charge on any atom is -0.383 e. The van der Waals surface area contributed by atoms with Crippen LogP contribution in [0.4, 0.5) is 5.69 Å². The van der Waals surface area contributed by atoms with Gasteiger partial charge < -0.3 is 15.6 Å². The van der Waals surface area contributed by atoms with Gasteiger partial charge in [-0.15, -0.1) is 0 Å². The SMILES string of the molecule is O=C(NCCNc1ccccc1)c1ccc[nH]1. The molecule has 0 spiro atoms. The topological polar surface area (TPSA) is 56.9 Å². The molecule has 0 fully saturated rings. The van der Waals surface area contributed by atoms with Gasteiger partial charge in [-0.1, -0.05) is 18.2 Å². The molecule has 2 aromatic rings. The number of nitrogens with one attached hydrogen (secondary N) is 3. The molecule has 4 nitrogen and oxygen atoms in total. The zero-order chi connectivity index (χ0) is 11.9. The number of carbonyl (C=O) groups is 1. The molecular formula is C13H15N3O. The average molecular weight is 229 g/mol. The molecule has 0 aliphatic carbocycles. The van der Waals surface area contributed by atoms with Gasteiger partial charge in [-0.25, -0.2) is 0 Å². The van der Waals surface area contributed by atoms with E-state index in [1.165, 1.54) is 0 Å². The van der Waals surface area contributed by atoms with E-state index in [1.54, 1.807) is 18.3 Å². The molecule has 3 N–H and O–H groups in total. The normalized spacial score (nSPS) is 9.88. The van der Waals surface area contributed by atoms with Crippen molar-refractivity contribution in [2.24, 2.45) is 0 Å². The monoisotopic (exact) mass is 229 g/mol. The van der Waals surface area contributed by atoms with E-state index in [2.05, 4.69) is 15.6 Å². The highest BCUT2D eigenvalue weighted by molar-refractivity contribution is 5.92. The first-order valence-electron chi connectivity index (χ1n) is 5.57. The maximum absolute atomic E-state index is 11.5. The summed E-state index contributed by atoms with van der Waals surface area (Å²) < 4.78 is 0. The van der Waals surface area contributed by atoms with Crippen molar-refractivity contribution in [3.63, 3.8) is 0 Å². The third kappa shape index (κ3) is 3.38. The number of para-hydroxylation sites is 1. The van der Waals surface area contributed by atoms with Crippen LogP contribution < -0.4 is 10.6 Å². The number of hydrogen-bond acceptors (Lipinski definition) is 2. The number of aromatic nitrogens is 1. The van der Waals surface area contributed by atoms with E-state index >= 15 is 0 Å². The zero-order valence-corrected chi connectivity index (χ0v) is 9.44. The lowest BCUT2D eigenvalue weighted by Gasteiger charge is -2.07. The summed E-state index contributed by atoms with van der Waals surface area (Å²) in [6, 6.07) is 13.5. The van der Waals surface area contributed by atoms with Gasteiger partial charge in [-0.3, -0.25) is 4.79 Å². The lowest BCUT2D eigenvalue weighted by Crippen LogP contribution is -2.28. The van der Waals surface area contributed by atoms with Crippen LogP contribution in [0.5, 0.6) is 0 Å². The molecule has 0 aliphatic heterocycles. The molecule has 2 rings (SSSR count). The van der Waals surface area contributed by atoms with Crippen LogP contribution in [0, 0.1) is 0 Å². The fraction of sp³-hybridized carbons (Fsp3) is 0.154. The molecule has 88 valence electrons. The predicted octanol–water partition coefficient (Wildman–Crippen LogP) is 1.86. The Labute approximate surface area is 100 Å². The second kappa shape index (κ2) is 5.75. The quantitative estimate of drug-likeness (QED) is 0.685. The van der Waals surface area contributed by atoms with Gasteiger partial charge in [0.15, 0.2) is 0 Å². The second-order valence-corrected chi connectivity index (χ2v) is 3.63. The molecule has 0 saturated carbocycles. The third-order valence-electron chi connectivity index (χ3n) is 2.36. The summed E-state index contributed by atoms with van der Waals surface area (Å²) in [5, 5.41) is 6.04. The van der Waals surface area contributed by atoms with Gasteiger partial charge >= 0.3 is 0 Å². The minimum absolute atomic E-state index is 0.0788. The molecule has 17 heavy (non-hydrogen) atoms. The number of H-pyrrole nitrogens is 1. The molecule has 4 heteroatoms. The Hall–Kier alpha value is -2.23. The molecular weight excluding hydrogens is 214 g/mol. The fourth-order valence-corrected chi connectivity index (χ4v) is 1.51. The summed E-state index contributed by atoms with van der Waals surface area (Å²) >= 11 is 0. The maximum atomic E-state index is 11.5. The third-order valence-corrected chi connectivity index (χ3v) is 2.36. The van der Waals surface area contributed by atoms with Gasteiger partial charge in [0, 0.05) is 25.0 Å². The van der Waals surface area contributed by atoms with Crippen molar-refractivity contribution in [1.82, 2.24) is 10.3 Å². The van der Waals surface area contributed by atoms with E-state index in [9.17, 15) is 4.79 Å². The van der Waals surface area contributed by atoms with Crippen LogP contribution >= 0.6 is 0 Å². The molecule has 0 aliphatic rings. The predicted molar refractivity (Wildman–Crippen MR) is 68.1 cm³/mol. The standard InChI is InChI=1S/C13H15N3O/c17-13(12-7-4-8-15-12)16-10-9-14-11-5-2-1-3-6-11/h1-8,14-15H,9-10H2,(H,16,17). The summed E-state index contributed by atoms with van der Waals surface area (Å²) in [5.74, 6) is -0.0788. The first kappa shape index (κ1) is 11.3. The molecule has 1 heterocycles. The largest absolute Gasteiger partial charge is 0.383 e. The Morgan fingerprint density at radius 2 is 1.88 bits per heavy atom. The summed E-state index contributed by atoms with van der Waals surface area (Å²) in [7, 11) is 0. The van der Waals surface area contributed by atoms with Crippen molar-refractivity contribution in [2.75, 3.05) is 18.4 Å². The molecule has 1 amide bonds. The smallest absolute Gasteiger partial charge is 0.267 e. The Balaban J connectivity index is 1.69. The van der Waals surface area contributed by atoms with Crippen LogP contribution in [0.15, 0.2) is 48.7 Å². The highest BCUT2D eigenvalue weighted by Crippen LogP contribution is 2.03. The van der Waals surface area contributed by atoms with E-state index < -0.39 is 0 Å². The van der Waals surface area contributed by atoms with Crippen molar-refractivity contribution < 1.29 is 4.79 Å². The number of aromatic amines is 1. The van der Waals surface area contributed by atoms with Crippen LogP contribution in [0.2, 0.25) is 0 Å². The van der Waals surface area contributed by atoms with E-state index in [-0.39, 0.29) is 5.91 Å². The minimum atomic E-state index is -0.0788. The number of hydrogen-bond donors (Lipinski definition) is 3. The Morgan fingerprint density at radius 3 is 2.59 bits per heavy atom. The molecule has 0 bridgehead atoms. The first-order chi connectivity index (χ1) is 8.36. The number of benzene rings is 1. The zero-order valence-electron chi connectivity index (χ0n) is 9.44. The van der Waals surface area contributed by atoms with Crippen molar-refractivity contribution >= 4 is 11.6 Å². The number of carbonyl (C=O) groups excluding carboxylic acids is 1. The van der Waals surface area contributed by atoms with Crippen molar-refractivity contribution in [2.45, 2.75) is 0 Å². The van der Waals surface area contributed by atoms with Gasteiger partial charge in [0.25, 0.3) is 5.91 Å². The van der Waals surface area contributed by atoms with Crippen molar-refractivity contribution in [3.8, 4) is 0 Å². The summed E-state index contributed by atoms with van der Waals surface area (Å²) in [5.41, 5.74) is 1.64. The van der Waals surface area contributed by atoms with E-state index in [0.29, 0.717) is 18.8 Å². The van der Waals surface area contributed by atoms with Gasteiger partial charge in [0.2, 0.25) is 0 Å². The Kier molecular flexibility index (Phi) is 3.81. The van der Waals surface area contributed by atoms with Crippen LogP contribution in [0.1, 0.15) is 10.5 Å². The molecule has 0 unspecified atom stereocenters.